The standard InChI is InChI=1S/C17H31N7O2/c1-22(2)16(25)15-20-17(18-5-3-8-24-9-4-6-21-24)19-7-10-23-11-13-26-14-12-23/h4,6,9H,3,5,7-8,10-15H2,1-2H3,(H2,18,19,20). The zero-order valence-electron chi connectivity index (χ0n) is 15.9. The number of nitrogens with zero attached hydrogens (tertiary/aromatic N) is 5. The number of carbonyl (C=O) groups is 1. The van der Waals surface area contributed by atoms with Gasteiger partial charge in [-0.25, -0.2) is 4.99 Å². The Morgan fingerprint density at radius 3 is 2.69 bits per heavy atom. The minimum absolute atomic E-state index is 0.0178. The summed E-state index contributed by atoms with van der Waals surface area (Å²) in [6.07, 6.45) is 4.65. The summed E-state index contributed by atoms with van der Waals surface area (Å²) in [7, 11) is 3.47. The molecule has 1 aromatic rings. The number of guanidine groups is 1. The number of amides is 1. The van der Waals surface area contributed by atoms with E-state index in [9.17, 15) is 4.79 Å². The maximum Gasteiger partial charge on any atom is 0.243 e. The lowest BCUT2D eigenvalue weighted by Gasteiger charge is -2.26. The topological polar surface area (TPSA) is 87.0 Å². The Labute approximate surface area is 155 Å². The van der Waals surface area contributed by atoms with Crippen LogP contribution >= 0.6 is 0 Å². The molecule has 1 aliphatic heterocycles. The first-order valence-corrected chi connectivity index (χ1v) is 9.15. The Balaban J connectivity index is 1.73. The minimum Gasteiger partial charge on any atom is -0.379 e. The van der Waals surface area contributed by atoms with Crippen LogP contribution in [0.1, 0.15) is 6.42 Å². The Hall–Kier alpha value is -2.13. The van der Waals surface area contributed by atoms with E-state index in [2.05, 4.69) is 25.6 Å². The van der Waals surface area contributed by atoms with Gasteiger partial charge in [0.25, 0.3) is 0 Å². The van der Waals surface area contributed by atoms with Crippen LogP contribution in [0.2, 0.25) is 0 Å². The van der Waals surface area contributed by atoms with E-state index in [4.69, 9.17) is 4.74 Å². The van der Waals surface area contributed by atoms with Crippen LogP contribution in [0.4, 0.5) is 0 Å². The van der Waals surface area contributed by atoms with Gasteiger partial charge in [0.05, 0.1) is 13.2 Å². The molecule has 0 aliphatic carbocycles. The van der Waals surface area contributed by atoms with E-state index >= 15 is 0 Å². The van der Waals surface area contributed by atoms with Gasteiger partial charge < -0.3 is 20.3 Å². The van der Waals surface area contributed by atoms with Gasteiger partial charge >= 0.3 is 0 Å². The van der Waals surface area contributed by atoms with Crippen molar-refractivity contribution in [3.05, 3.63) is 18.5 Å². The van der Waals surface area contributed by atoms with E-state index in [0.717, 1.165) is 58.9 Å². The van der Waals surface area contributed by atoms with E-state index in [1.807, 2.05) is 16.9 Å². The molecule has 0 bridgehead atoms. The number of aliphatic imine (C=N–C) groups is 1. The van der Waals surface area contributed by atoms with Gasteiger partial charge in [-0.2, -0.15) is 5.10 Å². The first-order valence-electron chi connectivity index (χ1n) is 9.15. The number of aryl methyl sites for hydroxylation is 1. The molecule has 0 saturated carbocycles. The predicted molar refractivity (Wildman–Crippen MR) is 101 cm³/mol. The Kier molecular flexibility index (Phi) is 8.91. The van der Waals surface area contributed by atoms with Crippen LogP contribution in [0.25, 0.3) is 0 Å². The van der Waals surface area contributed by atoms with Gasteiger partial charge in [0, 0.05) is 65.8 Å². The second-order valence-corrected chi connectivity index (χ2v) is 6.38. The molecule has 0 radical (unpaired) electrons. The molecule has 146 valence electrons. The Bertz CT molecular complexity index is 539. The highest BCUT2D eigenvalue weighted by atomic mass is 16.5. The van der Waals surface area contributed by atoms with Crippen molar-refractivity contribution >= 4 is 11.9 Å². The molecule has 1 aliphatic rings. The van der Waals surface area contributed by atoms with Gasteiger partial charge in [-0.1, -0.05) is 0 Å². The molecule has 1 saturated heterocycles. The quantitative estimate of drug-likeness (QED) is 0.339. The van der Waals surface area contributed by atoms with E-state index in [0.29, 0.717) is 5.96 Å². The number of ether oxygens (including phenoxy) is 1. The number of likely N-dealkylation sites (N-methyl/N-ethyl adjacent to an activating group) is 1. The van der Waals surface area contributed by atoms with Crippen molar-refractivity contribution in [2.75, 3.05) is 66.6 Å². The molecule has 1 amide bonds. The molecule has 0 atom stereocenters. The third-order valence-electron chi connectivity index (χ3n) is 4.11. The summed E-state index contributed by atoms with van der Waals surface area (Å²) in [5.74, 6) is 0.657. The van der Waals surface area contributed by atoms with Crippen LogP contribution in [0.5, 0.6) is 0 Å². The zero-order chi connectivity index (χ0) is 18.6. The van der Waals surface area contributed by atoms with Crippen molar-refractivity contribution in [1.29, 1.82) is 0 Å². The summed E-state index contributed by atoms with van der Waals surface area (Å²) >= 11 is 0. The van der Waals surface area contributed by atoms with E-state index < -0.39 is 0 Å². The van der Waals surface area contributed by atoms with Crippen molar-refractivity contribution in [3.8, 4) is 0 Å². The number of hydrogen-bond donors (Lipinski definition) is 2. The lowest BCUT2D eigenvalue weighted by atomic mass is 10.4. The van der Waals surface area contributed by atoms with Gasteiger partial charge in [-0.15, -0.1) is 0 Å². The maximum absolute atomic E-state index is 11.8. The first-order chi connectivity index (χ1) is 12.6. The molecule has 2 rings (SSSR count). The van der Waals surface area contributed by atoms with Crippen molar-refractivity contribution < 1.29 is 9.53 Å². The van der Waals surface area contributed by atoms with Gasteiger partial charge in [-0.05, 0) is 12.5 Å². The average molecular weight is 365 g/mol. The molecule has 0 spiro atoms. The molecular formula is C17H31N7O2. The number of aromatic nitrogens is 2. The molecule has 9 heteroatoms. The van der Waals surface area contributed by atoms with Crippen LogP contribution in [-0.4, -0.2) is 98.0 Å². The molecular weight excluding hydrogens is 334 g/mol. The number of nitrogens with one attached hydrogen (secondary N) is 2. The predicted octanol–water partition coefficient (Wildman–Crippen LogP) is -0.771. The smallest absolute Gasteiger partial charge is 0.243 e. The van der Waals surface area contributed by atoms with E-state index in [1.165, 1.54) is 0 Å². The summed E-state index contributed by atoms with van der Waals surface area (Å²) < 4.78 is 7.27. The molecule has 0 unspecified atom stereocenters. The third kappa shape index (κ3) is 7.83. The molecule has 9 nitrogen and oxygen atoms in total. The first kappa shape index (κ1) is 20.2. The summed E-state index contributed by atoms with van der Waals surface area (Å²) in [6.45, 7) is 6.97. The molecule has 2 N–H and O–H groups in total. The largest absolute Gasteiger partial charge is 0.379 e. The number of hydrogen-bond acceptors (Lipinski definition) is 5. The van der Waals surface area contributed by atoms with E-state index in [-0.39, 0.29) is 12.5 Å². The van der Waals surface area contributed by atoms with Crippen LogP contribution < -0.4 is 10.6 Å². The summed E-state index contributed by atoms with van der Waals surface area (Å²) in [6, 6.07) is 1.92. The SMILES string of the molecule is CN(C)C(=O)CN=C(NCCCn1cccn1)NCCN1CCOCC1. The highest BCUT2D eigenvalue weighted by Gasteiger charge is 2.10. The second kappa shape index (κ2) is 11.5. The number of morpholine rings is 1. The summed E-state index contributed by atoms with van der Waals surface area (Å²) in [5.41, 5.74) is 0. The fraction of sp³-hybridized carbons (Fsp3) is 0.706. The van der Waals surface area contributed by atoms with Gasteiger partial charge in [0.1, 0.15) is 6.54 Å². The van der Waals surface area contributed by atoms with Gasteiger partial charge in [-0.3, -0.25) is 14.4 Å². The summed E-state index contributed by atoms with van der Waals surface area (Å²) in [4.78, 5) is 20.1. The lowest BCUT2D eigenvalue weighted by molar-refractivity contribution is -0.127. The van der Waals surface area contributed by atoms with Crippen LogP contribution in [0.3, 0.4) is 0 Å². The minimum atomic E-state index is -0.0178. The highest BCUT2D eigenvalue weighted by molar-refractivity contribution is 5.84. The fourth-order valence-corrected chi connectivity index (χ4v) is 2.50. The molecule has 26 heavy (non-hydrogen) atoms. The van der Waals surface area contributed by atoms with Gasteiger partial charge in [0.15, 0.2) is 5.96 Å². The number of carbonyl (C=O) groups excluding carboxylic acids is 1. The third-order valence-corrected chi connectivity index (χ3v) is 4.11. The zero-order valence-corrected chi connectivity index (χ0v) is 15.9. The average Bonchev–Trinajstić information content (AvgIpc) is 3.16. The fourth-order valence-electron chi connectivity index (χ4n) is 2.50. The van der Waals surface area contributed by atoms with Gasteiger partial charge in [0.2, 0.25) is 5.91 Å². The monoisotopic (exact) mass is 365 g/mol. The van der Waals surface area contributed by atoms with Crippen molar-refractivity contribution in [1.82, 2.24) is 30.2 Å². The molecule has 1 fully saturated rings. The number of rotatable bonds is 9. The highest BCUT2D eigenvalue weighted by Crippen LogP contribution is 1.95. The lowest BCUT2D eigenvalue weighted by Crippen LogP contribution is -2.45. The van der Waals surface area contributed by atoms with Crippen LogP contribution in [0.15, 0.2) is 23.5 Å². The second-order valence-electron chi connectivity index (χ2n) is 6.38. The Morgan fingerprint density at radius 1 is 1.23 bits per heavy atom. The van der Waals surface area contributed by atoms with E-state index in [1.54, 1.807) is 25.2 Å². The normalized spacial score (nSPS) is 15.7. The molecule has 2 heterocycles. The van der Waals surface area contributed by atoms with Crippen LogP contribution in [-0.2, 0) is 16.1 Å². The molecule has 1 aromatic heterocycles. The Morgan fingerprint density at radius 2 is 2.00 bits per heavy atom. The van der Waals surface area contributed by atoms with Crippen molar-refractivity contribution in [3.63, 3.8) is 0 Å². The van der Waals surface area contributed by atoms with Crippen molar-refractivity contribution in [2.45, 2.75) is 13.0 Å². The molecule has 0 aromatic carbocycles. The summed E-state index contributed by atoms with van der Waals surface area (Å²) in [5, 5.41) is 10.8. The maximum atomic E-state index is 11.8. The van der Waals surface area contributed by atoms with Crippen LogP contribution in [0, 0.1) is 0 Å². The van der Waals surface area contributed by atoms with Crippen molar-refractivity contribution in [2.24, 2.45) is 4.99 Å².